The largest absolute Gasteiger partial charge is 0.407 e. The second kappa shape index (κ2) is 8.37. The van der Waals surface area contributed by atoms with Crippen molar-refractivity contribution < 1.29 is 4.42 Å². The Labute approximate surface area is 128 Å². The zero-order valence-corrected chi connectivity index (χ0v) is 13.7. The molecule has 5 heteroatoms. The van der Waals surface area contributed by atoms with Crippen molar-refractivity contribution in [3.8, 4) is 0 Å². The third-order valence-electron chi connectivity index (χ3n) is 4.26. The molecule has 0 bridgehead atoms. The molecule has 1 aliphatic rings. The first kappa shape index (κ1) is 16.3. The summed E-state index contributed by atoms with van der Waals surface area (Å²) in [5.74, 6) is 2.04. The maximum absolute atomic E-state index is 5.69. The molecule has 1 fully saturated rings. The highest BCUT2D eigenvalue weighted by atomic mass is 16.4. The SMILES string of the molecule is CCC(Nc1nnc(CNCC(C)C)o1)C1CCCCC1. The van der Waals surface area contributed by atoms with Gasteiger partial charge in [-0.3, -0.25) is 0 Å². The predicted molar refractivity (Wildman–Crippen MR) is 85.1 cm³/mol. The van der Waals surface area contributed by atoms with Crippen molar-refractivity contribution in [2.75, 3.05) is 11.9 Å². The summed E-state index contributed by atoms with van der Waals surface area (Å²) in [4.78, 5) is 0. The highest BCUT2D eigenvalue weighted by Crippen LogP contribution is 2.29. The molecule has 0 saturated heterocycles. The molecule has 1 aromatic rings. The minimum atomic E-state index is 0.460. The first-order valence-corrected chi connectivity index (χ1v) is 8.48. The first-order chi connectivity index (χ1) is 10.2. The molecule has 2 rings (SSSR count). The van der Waals surface area contributed by atoms with Crippen LogP contribution in [0.15, 0.2) is 4.42 Å². The van der Waals surface area contributed by atoms with E-state index in [9.17, 15) is 0 Å². The van der Waals surface area contributed by atoms with Crippen LogP contribution in [0.4, 0.5) is 6.01 Å². The van der Waals surface area contributed by atoms with Gasteiger partial charge in [-0.15, -0.1) is 5.10 Å². The monoisotopic (exact) mass is 294 g/mol. The highest BCUT2D eigenvalue weighted by molar-refractivity contribution is 5.20. The Balaban J connectivity index is 1.82. The molecule has 0 amide bonds. The molecule has 1 saturated carbocycles. The van der Waals surface area contributed by atoms with Gasteiger partial charge in [-0.2, -0.15) is 0 Å². The van der Waals surface area contributed by atoms with Gasteiger partial charge in [0.25, 0.3) is 0 Å². The standard InChI is InChI=1S/C16H30N4O/c1-4-14(13-8-6-5-7-9-13)18-16-20-19-15(21-16)11-17-10-12(2)3/h12-14,17H,4-11H2,1-3H3,(H,18,20). The van der Waals surface area contributed by atoms with E-state index in [-0.39, 0.29) is 0 Å². The molecular formula is C16H30N4O. The fourth-order valence-electron chi connectivity index (χ4n) is 3.10. The fraction of sp³-hybridized carbons (Fsp3) is 0.875. The molecule has 0 radical (unpaired) electrons. The topological polar surface area (TPSA) is 63.0 Å². The summed E-state index contributed by atoms with van der Waals surface area (Å²) in [5, 5.41) is 15.0. The van der Waals surface area contributed by atoms with Crippen LogP contribution in [0.2, 0.25) is 0 Å². The Morgan fingerprint density at radius 3 is 2.62 bits per heavy atom. The van der Waals surface area contributed by atoms with Crippen LogP contribution in [-0.2, 0) is 6.54 Å². The van der Waals surface area contributed by atoms with Crippen LogP contribution >= 0.6 is 0 Å². The molecule has 120 valence electrons. The third-order valence-corrected chi connectivity index (χ3v) is 4.26. The van der Waals surface area contributed by atoms with Crippen LogP contribution in [0, 0.1) is 11.8 Å². The van der Waals surface area contributed by atoms with Gasteiger partial charge in [0.15, 0.2) is 0 Å². The molecule has 21 heavy (non-hydrogen) atoms. The molecular weight excluding hydrogens is 264 g/mol. The van der Waals surface area contributed by atoms with Gasteiger partial charge in [0.1, 0.15) is 0 Å². The second-order valence-corrected chi connectivity index (χ2v) is 6.58. The zero-order chi connectivity index (χ0) is 15.1. The number of hydrogen-bond acceptors (Lipinski definition) is 5. The average Bonchev–Trinajstić information content (AvgIpc) is 2.93. The van der Waals surface area contributed by atoms with Gasteiger partial charge >= 0.3 is 6.01 Å². The second-order valence-electron chi connectivity index (χ2n) is 6.58. The molecule has 1 heterocycles. The Morgan fingerprint density at radius 1 is 1.19 bits per heavy atom. The van der Waals surface area contributed by atoms with Crippen molar-refractivity contribution in [2.24, 2.45) is 11.8 Å². The molecule has 1 atom stereocenters. The van der Waals surface area contributed by atoms with Gasteiger partial charge in [0.05, 0.1) is 6.54 Å². The van der Waals surface area contributed by atoms with Crippen LogP contribution < -0.4 is 10.6 Å². The summed E-state index contributed by atoms with van der Waals surface area (Å²) in [6.45, 7) is 8.21. The van der Waals surface area contributed by atoms with Crippen molar-refractivity contribution >= 4 is 6.01 Å². The quantitative estimate of drug-likeness (QED) is 0.767. The molecule has 2 N–H and O–H groups in total. The molecule has 0 aromatic carbocycles. The number of hydrogen-bond donors (Lipinski definition) is 2. The van der Waals surface area contributed by atoms with E-state index in [2.05, 4.69) is 41.6 Å². The van der Waals surface area contributed by atoms with E-state index in [1.165, 1.54) is 32.1 Å². The molecule has 0 aliphatic heterocycles. The lowest BCUT2D eigenvalue weighted by molar-refractivity contribution is 0.308. The van der Waals surface area contributed by atoms with Gasteiger partial charge in [-0.1, -0.05) is 45.1 Å². The predicted octanol–water partition coefficient (Wildman–Crippen LogP) is 3.59. The van der Waals surface area contributed by atoms with E-state index in [0.29, 0.717) is 30.4 Å². The summed E-state index contributed by atoms with van der Waals surface area (Å²) in [7, 11) is 0. The smallest absolute Gasteiger partial charge is 0.315 e. The van der Waals surface area contributed by atoms with E-state index < -0.39 is 0 Å². The summed E-state index contributed by atoms with van der Waals surface area (Å²) in [6, 6.07) is 1.04. The molecule has 5 nitrogen and oxygen atoms in total. The summed E-state index contributed by atoms with van der Waals surface area (Å²) < 4.78 is 5.69. The number of nitrogens with zero attached hydrogens (tertiary/aromatic N) is 2. The van der Waals surface area contributed by atoms with Crippen LogP contribution in [-0.4, -0.2) is 22.8 Å². The van der Waals surface area contributed by atoms with Crippen molar-refractivity contribution in [3.05, 3.63) is 5.89 Å². The number of nitrogens with one attached hydrogen (secondary N) is 2. The normalized spacial score (nSPS) is 18.1. The van der Waals surface area contributed by atoms with E-state index in [1.54, 1.807) is 0 Å². The van der Waals surface area contributed by atoms with Gasteiger partial charge in [0.2, 0.25) is 5.89 Å². The van der Waals surface area contributed by atoms with Crippen LogP contribution in [0.3, 0.4) is 0 Å². The van der Waals surface area contributed by atoms with E-state index >= 15 is 0 Å². The minimum Gasteiger partial charge on any atom is -0.407 e. The lowest BCUT2D eigenvalue weighted by Crippen LogP contribution is -2.30. The Morgan fingerprint density at radius 2 is 1.95 bits per heavy atom. The number of rotatable bonds is 8. The zero-order valence-electron chi connectivity index (χ0n) is 13.7. The summed E-state index contributed by atoms with van der Waals surface area (Å²) in [5.41, 5.74) is 0. The maximum Gasteiger partial charge on any atom is 0.315 e. The van der Waals surface area contributed by atoms with Gasteiger partial charge in [-0.25, -0.2) is 0 Å². The fourth-order valence-corrected chi connectivity index (χ4v) is 3.10. The summed E-state index contributed by atoms with van der Waals surface area (Å²) in [6.07, 6.45) is 7.85. The van der Waals surface area contributed by atoms with E-state index in [0.717, 1.165) is 18.9 Å². The first-order valence-electron chi connectivity index (χ1n) is 8.48. The van der Waals surface area contributed by atoms with Gasteiger partial charge in [0, 0.05) is 6.04 Å². The van der Waals surface area contributed by atoms with Crippen molar-refractivity contribution in [3.63, 3.8) is 0 Å². The Kier molecular flexibility index (Phi) is 6.49. The lowest BCUT2D eigenvalue weighted by Gasteiger charge is -2.29. The minimum absolute atomic E-state index is 0.460. The molecule has 0 spiro atoms. The van der Waals surface area contributed by atoms with Gasteiger partial charge < -0.3 is 15.1 Å². The Bertz CT molecular complexity index is 399. The van der Waals surface area contributed by atoms with Crippen LogP contribution in [0.1, 0.15) is 65.2 Å². The van der Waals surface area contributed by atoms with E-state index in [4.69, 9.17) is 4.42 Å². The van der Waals surface area contributed by atoms with Gasteiger partial charge in [-0.05, 0) is 37.6 Å². The molecule has 1 aromatic heterocycles. The highest BCUT2D eigenvalue weighted by Gasteiger charge is 2.23. The van der Waals surface area contributed by atoms with Crippen LogP contribution in [0.25, 0.3) is 0 Å². The number of aromatic nitrogens is 2. The Hall–Kier alpha value is -1.10. The van der Waals surface area contributed by atoms with Crippen molar-refractivity contribution in [1.82, 2.24) is 15.5 Å². The average molecular weight is 294 g/mol. The van der Waals surface area contributed by atoms with Crippen molar-refractivity contribution in [1.29, 1.82) is 0 Å². The molecule has 1 unspecified atom stereocenters. The van der Waals surface area contributed by atoms with E-state index in [1.807, 2.05) is 0 Å². The summed E-state index contributed by atoms with van der Waals surface area (Å²) >= 11 is 0. The molecule has 1 aliphatic carbocycles. The lowest BCUT2D eigenvalue weighted by atomic mass is 9.83. The number of anilines is 1. The van der Waals surface area contributed by atoms with Crippen LogP contribution in [0.5, 0.6) is 0 Å². The third kappa shape index (κ3) is 5.30. The maximum atomic E-state index is 5.69. The van der Waals surface area contributed by atoms with Crippen molar-refractivity contribution in [2.45, 2.75) is 71.9 Å².